The number of pyridine rings is 1. The van der Waals surface area contributed by atoms with Crippen molar-refractivity contribution in [3.8, 4) is 0 Å². The minimum Gasteiger partial charge on any atom is -0.334 e. The fourth-order valence-electron chi connectivity index (χ4n) is 5.18. The Bertz CT molecular complexity index is 884. The van der Waals surface area contributed by atoms with Crippen molar-refractivity contribution in [1.82, 2.24) is 30.7 Å². The van der Waals surface area contributed by atoms with Gasteiger partial charge in [0.1, 0.15) is 0 Å². The topological polar surface area (TPSA) is 72.5 Å². The average Bonchev–Trinajstić information content (AvgIpc) is 3.17. The Morgan fingerprint density at radius 1 is 0.861 bits per heavy atom. The molecule has 2 aromatic rings. The van der Waals surface area contributed by atoms with E-state index in [0.717, 1.165) is 82.5 Å². The maximum Gasteiger partial charge on any atom is 0.317 e. The SMILES string of the molecule is O=C(NCc1ccc(CNCCCNC2CCCCC2)cc1)N1CCCN(Cc2ccccn2)CC1. The molecule has 2 aliphatic rings. The van der Waals surface area contributed by atoms with Gasteiger partial charge in [-0.3, -0.25) is 9.88 Å². The second kappa shape index (κ2) is 14.9. The first-order chi connectivity index (χ1) is 17.8. The maximum absolute atomic E-state index is 12.8. The van der Waals surface area contributed by atoms with Crippen LogP contribution in [-0.4, -0.2) is 66.1 Å². The van der Waals surface area contributed by atoms with Gasteiger partial charge >= 0.3 is 6.03 Å². The molecule has 4 rings (SSSR count). The molecule has 0 atom stereocenters. The highest BCUT2D eigenvalue weighted by Gasteiger charge is 2.19. The van der Waals surface area contributed by atoms with Gasteiger partial charge in [0.2, 0.25) is 0 Å². The highest BCUT2D eigenvalue weighted by molar-refractivity contribution is 5.74. The van der Waals surface area contributed by atoms with Crippen LogP contribution in [0.1, 0.15) is 61.8 Å². The number of hydrogen-bond donors (Lipinski definition) is 3. The Labute approximate surface area is 217 Å². The summed E-state index contributed by atoms with van der Waals surface area (Å²) in [6.07, 6.45) is 10.9. The molecule has 1 saturated carbocycles. The van der Waals surface area contributed by atoms with Gasteiger partial charge in [0, 0.05) is 58.1 Å². The lowest BCUT2D eigenvalue weighted by atomic mass is 9.95. The molecule has 0 radical (unpaired) electrons. The normalized spacial score (nSPS) is 17.6. The van der Waals surface area contributed by atoms with Crippen molar-refractivity contribution in [1.29, 1.82) is 0 Å². The fourth-order valence-corrected chi connectivity index (χ4v) is 5.18. The van der Waals surface area contributed by atoms with Crippen LogP contribution in [-0.2, 0) is 19.6 Å². The number of carbonyl (C=O) groups is 1. The van der Waals surface area contributed by atoms with Crippen molar-refractivity contribution < 1.29 is 4.79 Å². The highest BCUT2D eigenvalue weighted by Crippen LogP contribution is 2.17. The van der Waals surface area contributed by atoms with E-state index in [2.05, 4.69) is 56.2 Å². The fraction of sp³-hybridized carbons (Fsp3) is 0.586. The second-order valence-electron chi connectivity index (χ2n) is 10.2. The number of carbonyl (C=O) groups excluding carboxylic acids is 1. The molecule has 3 N–H and O–H groups in total. The van der Waals surface area contributed by atoms with E-state index in [0.29, 0.717) is 6.54 Å². The zero-order chi connectivity index (χ0) is 24.8. The Kier molecular flexibility index (Phi) is 11.0. The quantitative estimate of drug-likeness (QED) is 0.415. The first-order valence-corrected chi connectivity index (χ1v) is 13.9. The van der Waals surface area contributed by atoms with E-state index in [1.165, 1.54) is 37.7 Å². The highest BCUT2D eigenvalue weighted by atomic mass is 16.2. The van der Waals surface area contributed by atoms with Crippen LogP contribution in [0, 0.1) is 0 Å². The van der Waals surface area contributed by atoms with Crippen LogP contribution in [0.2, 0.25) is 0 Å². The van der Waals surface area contributed by atoms with E-state index in [9.17, 15) is 4.79 Å². The third-order valence-corrected chi connectivity index (χ3v) is 7.35. The molecule has 1 aromatic carbocycles. The number of urea groups is 1. The van der Waals surface area contributed by atoms with Gasteiger partial charge < -0.3 is 20.9 Å². The minimum atomic E-state index is 0.0299. The minimum absolute atomic E-state index is 0.0299. The van der Waals surface area contributed by atoms with E-state index >= 15 is 0 Å². The molecule has 1 aromatic heterocycles. The van der Waals surface area contributed by atoms with Crippen molar-refractivity contribution in [2.24, 2.45) is 0 Å². The molecule has 196 valence electrons. The molecule has 1 aliphatic heterocycles. The number of benzene rings is 1. The molecule has 0 spiro atoms. The summed E-state index contributed by atoms with van der Waals surface area (Å²) >= 11 is 0. The largest absolute Gasteiger partial charge is 0.334 e. The zero-order valence-electron chi connectivity index (χ0n) is 21.8. The first kappa shape index (κ1) is 26.6. The number of nitrogens with zero attached hydrogens (tertiary/aromatic N) is 3. The summed E-state index contributed by atoms with van der Waals surface area (Å²) in [6, 6.07) is 15.4. The van der Waals surface area contributed by atoms with Crippen molar-refractivity contribution in [2.75, 3.05) is 39.3 Å². The van der Waals surface area contributed by atoms with Crippen LogP contribution in [0.3, 0.4) is 0 Å². The number of amides is 2. The van der Waals surface area contributed by atoms with Gasteiger partial charge in [-0.1, -0.05) is 49.6 Å². The van der Waals surface area contributed by atoms with Gasteiger partial charge in [0.05, 0.1) is 5.69 Å². The maximum atomic E-state index is 12.8. The summed E-state index contributed by atoms with van der Waals surface area (Å²) in [6.45, 7) is 7.85. The molecule has 1 saturated heterocycles. The molecule has 2 heterocycles. The lowest BCUT2D eigenvalue weighted by Crippen LogP contribution is -2.41. The number of nitrogens with one attached hydrogen (secondary N) is 3. The molecule has 1 aliphatic carbocycles. The number of aromatic nitrogens is 1. The predicted molar refractivity (Wildman–Crippen MR) is 146 cm³/mol. The summed E-state index contributed by atoms with van der Waals surface area (Å²) in [5, 5.41) is 10.4. The average molecular weight is 493 g/mol. The van der Waals surface area contributed by atoms with Gasteiger partial charge in [-0.25, -0.2) is 4.79 Å². The lowest BCUT2D eigenvalue weighted by molar-refractivity contribution is 0.197. The Morgan fingerprint density at radius 2 is 1.67 bits per heavy atom. The number of hydrogen-bond acceptors (Lipinski definition) is 5. The third-order valence-electron chi connectivity index (χ3n) is 7.35. The van der Waals surface area contributed by atoms with Crippen LogP contribution in [0.15, 0.2) is 48.7 Å². The van der Waals surface area contributed by atoms with Crippen molar-refractivity contribution in [3.05, 3.63) is 65.5 Å². The molecular formula is C29H44N6O. The first-order valence-electron chi connectivity index (χ1n) is 13.9. The molecule has 7 nitrogen and oxygen atoms in total. The van der Waals surface area contributed by atoms with Crippen LogP contribution in [0.4, 0.5) is 4.79 Å². The Balaban J connectivity index is 1.08. The van der Waals surface area contributed by atoms with Gasteiger partial charge in [-0.05, 0) is 62.0 Å². The van der Waals surface area contributed by atoms with Gasteiger partial charge in [-0.15, -0.1) is 0 Å². The van der Waals surface area contributed by atoms with Crippen LogP contribution in [0.25, 0.3) is 0 Å². The van der Waals surface area contributed by atoms with E-state index in [1.54, 1.807) is 0 Å². The lowest BCUT2D eigenvalue weighted by Gasteiger charge is -2.22. The molecule has 36 heavy (non-hydrogen) atoms. The summed E-state index contributed by atoms with van der Waals surface area (Å²) in [5.74, 6) is 0. The molecule has 2 amide bonds. The molecule has 2 fully saturated rings. The van der Waals surface area contributed by atoms with E-state index < -0.39 is 0 Å². The monoisotopic (exact) mass is 492 g/mol. The molecule has 7 heteroatoms. The van der Waals surface area contributed by atoms with Crippen LogP contribution >= 0.6 is 0 Å². The van der Waals surface area contributed by atoms with Gasteiger partial charge in [0.25, 0.3) is 0 Å². The third kappa shape index (κ3) is 9.19. The Morgan fingerprint density at radius 3 is 2.44 bits per heavy atom. The smallest absolute Gasteiger partial charge is 0.317 e. The van der Waals surface area contributed by atoms with E-state index in [-0.39, 0.29) is 6.03 Å². The van der Waals surface area contributed by atoms with Crippen molar-refractivity contribution in [3.63, 3.8) is 0 Å². The van der Waals surface area contributed by atoms with E-state index in [4.69, 9.17) is 0 Å². The predicted octanol–water partition coefficient (Wildman–Crippen LogP) is 3.90. The van der Waals surface area contributed by atoms with Crippen molar-refractivity contribution in [2.45, 2.75) is 70.6 Å². The summed E-state index contributed by atoms with van der Waals surface area (Å²) in [7, 11) is 0. The second-order valence-corrected chi connectivity index (χ2v) is 10.2. The summed E-state index contributed by atoms with van der Waals surface area (Å²) in [4.78, 5) is 21.5. The standard InChI is InChI=1S/C29H44N6O/c36-29(35-19-7-18-34(20-21-35)24-28-10-4-5-16-32-28)33-23-26-13-11-25(12-14-26)22-30-15-6-17-31-27-8-2-1-3-9-27/h4-5,10-14,16,27,30-31H,1-3,6-9,15,17-24H2,(H,33,36). The molecular weight excluding hydrogens is 448 g/mol. The van der Waals surface area contributed by atoms with E-state index in [1.807, 2.05) is 23.2 Å². The molecule has 0 bridgehead atoms. The van der Waals surface area contributed by atoms with Crippen LogP contribution < -0.4 is 16.0 Å². The Hall–Kier alpha value is -2.48. The van der Waals surface area contributed by atoms with Crippen molar-refractivity contribution >= 4 is 6.03 Å². The summed E-state index contributed by atoms with van der Waals surface area (Å²) in [5.41, 5.74) is 3.50. The zero-order valence-corrected chi connectivity index (χ0v) is 21.8. The summed E-state index contributed by atoms with van der Waals surface area (Å²) < 4.78 is 0. The van der Waals surface area contributed by atoms with Crippen LogP contribution in [0.5, 0.6) is 0 Å². The number of rotatable bonds is 11. The molecule has 0 unspecified atom stereocenters. The van der Waals surface area contributed by atoms with Gasteiger partial charge in [-0.2, -0.15) is 0 Å². The van der Waals surface area contributed by atoms with Gasteiger partial charge in [0.15, 0.2) is 0 Å².